The average Bonchev–Trinajstić information content (AvgIpc) is 3.12. The number of nitrogens with one attached hydrogen (secondary N) is 3. The van der Waals surface area contributed by atoms with Gasteiger partial charge in [-0.25, -0.2) is 0 Å². The van der Waals surface area contributed by atoms with Gasteiger partial charge < -0.3 is 16.0 Å². The summed E-state index contributed by atoms with van der Waals surface area (Å²) in [6.07, 6.45) is 6.55. The van der Waals surface area contributed by atoms with Crippen molar-refractivity contribution in [1.82, 2.24) is 10.6 Å². The molecule has 1 fully saturated rings. The zero-order valence-corrected chi connectivity index (χ0v) is 16.7. The van der Waals surface area contributed by atoms with E-state index in [1.807, 2.05) is 45.2 Å². The van der Waals surface area contributed by atoms with Crippen molar-refractivity contribution in [3.05, 3.63) is 29.8 Å². The first kappa shape index (κ1) is 20.3. The lowest BCUT2D eigenvalue weighted by molar-refractivity contribution is -0.118. The molecule has 3 N–H and O–H groups in total. The van der Waals surface area contributed by atoms with Crippen LogP contribution in [0.3, 0.4) is 0 Å². The summed E-state index contributed by atoms with van der Waals surface area (Å²) < 4.78 is 0. The van der Waals surface area contributed by atoms with E-state index in [9.17, 15) is 4.79 Å². The largest absolute Gasteiger partial charge is 0.356 e. The second-order valence-corrected chi connectivity index (χ2v) is 7.68. The lowest BCUT2D eigenvalue weighted by Crippen LogP contribution is -2.42. The van der Waals surface area contributed by atoms with Gasteiger partial charge in [0.15, 0.2) is 5.96 Å². The van der Waals surface area contributed by atoms with Gasteiger partial charge >= 0.3 is 0 Å². The summed E-state index contributed by atoms with van der Waals surface area (Å²) >= 11 is 0. The van der Waals surface area contributed by atoms with Crippen molar-refractivity contribution in [2.75, 3.05) is 18.9 Å². The molecule has 1 aliphatic carbocycles. The van der Waals surface area contributed by atoms with Gasteiger partial charge in [-0.05, 0) is 42.4 Å². The molecule has 5 nitrogen and oxygen atoms in total. The fraction of sp³-hybridized carbons (Fsp3) is 0.619. The molecule has 0 bridgehead atoms. The molecule has 0 spiro atoms. The van der Waals surface area contributed by atoms with E-state index in [2.05, 4.69) is 27.9 Å². The van der Waals surface area contributed by atoms with Crippen LogP contribution in [0.1, 0.15) is 58.4 Å². The number of guanidine groups is 1. The van der Waals surface area contributed by atoms with Crippen LogP contribution >= 0.6 is 0 Å². The van der Waals surface area contributed by atoms with Crippen LogP contribution in [-0.2, 0) is 11.3 Å². The van der Waals surface area contributed by atoms with Gasteiger partial charge in [0, 0.05) is 31.7 Å². The van der Waals surface area contributed by atoms with Crippen molar-refractivity contribution in [3.63, 3.8) is 0 Å². The van der Waals surface area contributed by atoms with E-state index in [0.29, 0.717) is 12.0 Å². The molecule has 0 aliphatic heterocycles. The number of benzene rings is 1. The standard InChI is InChI=1S/C21H34N4O/c1-5-21(12-6-7-13-21)15-24-20(22-4)23-14-17-8-10-18(11-9-17)25-19(26)16(2)3/h8-11,16H,5-7,12-15H2,1-4H3,(H,25,26)(H2,22,23,24). The Balaban J connectivity index is 1.81. The minimum atomic E-state index is -0.0166. The SMILES string of the molecule is CCC1(CNC(=NC)NCc2ccc(NC(=O)C(C)C)cc2)CCCC1. The monoisotopic (exact) mass is 358 g/mol. The Morgan fingerprint density at radius 2 is 1.81 bits per heavy atom. The molecule has 0 atom stereocenters. The molecule has 0 saturated heterocycles. The van der Waals surface area contributed by atoms with E-state index in [1.54, 1.807) is 0 Å². The van der Waals surface area contributed by atoms with E-state index in [4.69, 9.17) is 0 Å². The summed E-state index contributed by atoms with van der Waals surface area (Å²) in [5.41, 5.74) is 2.43. The van der Waals surface area contributed by atoms with Crippen molar-refractivity contribution in [3.8, 4) is 0 Å². The second-order valence-electron chi connectivity index (χ2n) is 7.68. The van der Waals surface area contributed by atoms with E-state index in [1.165, 1.54) is 32.1 Å². The molecule has 1 aromatic carbocycles. The quantitative estimate of drug-likeness (QED) is 0.511. The Labute approximate surface area is 158 Å². The molecule has 26 heavy (non-hydrogen) atoms. The number of nitrogens with zero attached hydrogens (tertiary/aromatic N) is 1. The first-order chi connectivity index (χ1) is 12.5. The Morgan fingerprint density at radius 3 is 2.35 bits per heavy atom. The summed E-state index contributed by atoms with van der Waals surface area (Å²) in [6, 6.07) is 7.94. The summed E-state index contributed by atoms with van der Waals surface area (Å²) in [6.45, 7) is 7.77. The molecule has 0 heterocycles. The lowest BCUT2D eigenvalue weighted by atomic mass is 9.83. The van der Waals surface area contributed by atoms with Gasteiger partial charge in [0.2, 0.25) is 5.91 Å². The molecule has 0 unspecified atom stereocenters. The van der Waals surface area contributed by atoms with Gasteiger partial charge in [0.05, 0.1) is 0 Å². The third kappa shape index (κ3) is 5.75. The van der Waals surface area contributed by atoms with Gasteiger partial charge in [-0.1, -0.05) is 45.7 Å². The molecule has 0 radical (unpaired) electrons. The Bertz CT molecular complexity index is 601. The molecule has 2 rings (SSSR count). The highest BCUT2D eigenvalue weighted by molar-refractivity contribution is 5.92. The average molecular weight is 359 g/mol. The molecule has 1 amide bonds. The van der Waals surface area contributed by atoms with Crippen LogP contribution in [0.2, 0.25) is 0 Å². The van der Waals surface area contributed by atoms with Crippen LogP contribution in [0.15, 0.2) is 29.3 Å². The molecule has 1 aliphatic rings. The van der Waals surface area contributed by atoms with Crippen molar-refractivity contribution >= 4 is 17.6 Å². The van der Waals surface area contributed by atoms with Crippen molar-refractivity contribution in [1.29, 1.82) is 0 Å². The minimum absolute atomic E-state index is 0.0166. The van der Waals surface area contributed by atoms with Crippen LogP contribution in [0.4, 0.5) is 5.69 Å². The van der Waals surface area contributed by atoms with Crippen molar-refractivity contribution < 1.29 is 4.79 Å². The molecule has 1 saturated carbocycles. The van der Waals surface area contributed by atoms with Crippen LogP contribution in [0.25, 0.3) is 0 Å². The number of amides is 1. The number of aliphatic imine (C=N–C) groups is 1. The number of hydrogen-bond acceptors (Lipinski definition) is 2. The van der Waals surface area contributed by atoms with E-state index in [-0.39, 0.29) is 11.8 Å². The van der Waals surface area contributed by atoms with Crippen LogP contribution in [-0.4, -0.2) is 25.5 Å². The zero-order valence-electron chi connectivity index (χ0n) is 16.7. The molecule has 1 aromatic rings. The van der Waals surface area contributed by atoms with E-state index in [0.717, 1.165) is 23.8 Å². The predicted molar refractivity (Wildman–Crippen MR) is 109 cm³/mol. The van der Waals surface area contributed by atoms with Gasteiger partial charge in [-0.3, -0.25) is 9.79 Å². The number of anilines is 1. The first-order valence-corrected chi connectivity index (χ1v) is 9.82. The maximum Gasteiger partial charge on any atom is 0.226 e. The van der Waals surface area contributed by atoms with Crippen LogP contribution in [0.5, 0.6) is 0 Å². The number of rotatable bonds is 7. The van der Waals surface area contributed by atoms with E-state index >= 15 is 0 Å². The highest BCUT2D eigenvalue weighted by Gasteiger charge is 2.31. The van der Waals surface area contributed by atoms with E-state index < -0.39 is 0 Å². The maximum absolute atomic E-state index is 11.7. The highest BCUT2D eigenvalue weighted by atomic mass is 16.1. The fourth-order valence-electron chi connectivity index (χ4n) is 3.45. The zero-order chi connectivity index (χ0) is 19.0. The molecule has 0 aromatic heterocycles. The summed E-state index contributed by atoms with van der Waals surface area (Å²) in [5, 5.41) is 9.80. The summed E-state index contributed by atoms with van der Waals surface area (Å²) in [7, 11) is 1.81. The fourth-order valence-corrected chi connectivity index (χ4v) is 3.45. The number of carbonyl (C=O) groups is 1. The normalized spacial score (nSPS) is 16.6. The van der Waals surface area contributed by atoms with Crippen LogP contribution in [0, 0.1) is 11.3 Å². The minimum Gasteiger partial charge on any atom is -0.356 e. The summed E-state index contributed by atoms with van der Waals surface area (Å²) in [5.74, 6) is 0.871. The molecule has 5 heteroatoms. The lowest BCUT2D eigenvalue weighted by Gasteiger charge is -2.28. The topological polar surface area (TPSA) is 65.5 Å². The number of hydrogen-bond donors (Lipinski definition) is 3. The third-order valence-electron chi connectivity index (χ3n) is 5.47. The smallest absolute Gasteiger partial charge is 0.226 e. The molecular formula is C21H34N4O. The van der Waals surface area contributed by atoms with Gasteiger partial charge in [0.25, 0.3) is 0 Å². The maximum atomic E-state index is 11.7. The molecular weight excluding hydrogens is 324 g/mol. The van der Waals surface area contributed by atoms with Crippen molar-refractivity contribution in [2.45, 2.75) is 59.4 Å². The summed E-state index contributed by atoms with van der Waals surface area (Å²) in [4.78, 5) is 16.1. The predicted octanol–water partition coefficient (Wildman–Crippen LogP) is 3.92. The van der Waals surface area contributed by atoms with Gasteiger partial charge in [-0.15, -0.1) is 0 Å². The van der Waals surface area contributed by atoms with Crippen molar-refractivity contribution in [2.24, 2.45) is 16.3 Å². The van der Waals surface area contributed by atoms with Crippen LogP contribution < -0.4 is 16.0 Å². The Morgan fingerprint density at radius 1 is 1.15 bits per heavy atom. The third-order valence-corrected chi connectivity index (χ3v) is 5.47. The van der Waals surface area contributed by atoms with Gasteiger partial charge in [0.1, 0.15) is 0 Å². The Hall–Kier alpha value is -2.04. The highest BCUT2D eigenvalue weighted by Crippen LogP contribution is 2.40. The second kappa shape index (κ2) is 9.60. The Kier molecular flexibility index (Phi) is 7.49. The molecule has 144 valence electrons. The first-order valence-electron chi connectivity index (χ1n) is 9.82. The number of carbonyl (C=O) groups excluding carboxylic acids is 1. The van der Waals surface area contributed by atoms with Gasteiger partial charge in [-0.2, -0.15) is 0 Å².